The van der Waals surface area contributed by atoms with E-state index in [0.717, 1.165) is 12.0 Å². The first-order chi connectivity index (χ1) is 9.25. The van der Waals surface area contributed by atoms with E-state index >= 15 is 0 Å². The van der Waals surface area contributed by atoms with Crippen LogP contribution in [0.4, 0.5) is 0 Å². The topological polar surface area (TPSA) is 29.5 Å². The van der Waals surface area contributed by atoms with Gasteiger partial charge in [0.2, 0.25) is 0 Å². The molecule has 0 spiro atoms. The van der Waals surface area contributed by atoms with Crippen molar-refractivity contribution in [3.8, 4) is 5.75 Å². The molecule has 0 bridgehead atoms. The van der Waals surface area contributed by atoms with Gasteiger partial charge in [0.1, 0.15) is 5.75 Å². The highest BCUT2D eigenvalue weighted by Gasteiger charge is 2.16. The number of phenols is 1. The average molecular weight is 262 g/mol. The monoisotopic (exact) mass is 262 g/mol. The number of hydrogen-bond acceptors (Lipinski definition) is 2. The van der Waals surface area contributed by atoms with Gasteiger partial charge in [0.25, 0.3) is 0 Å². The summed E-state index contributed by atoms with van der Waals surface area (Å²) >= 11 is 0. The number of rotatable bonds is 4. The maximum absolute atomic E-state index is 9.79. The number of benzene rings is 1. The Bertz CT molecular complexity index is 367. The molecule has 0 aliphatic heterocycles. The summed E-state index contributed by atoms with van der Waals surface area (Å²) in [6.45, 7) is 2.12. The van der Waals surface area contributed by atoms with Crippen molar-refractivity contribution in [2.24, 2.45) is 0 Å². The first kappa shape index (κ1) is 14.4. The van der Waals surface area contributed by atoms with Crippen LogP contribution >= 0.6 is 0 Å². The molecule has 1 saturated carbocycles. The van der Waals surface area contributed by atoms with Crippen LogP contribution < -0.4 is 0 Å². The predicted molar refractivity (Wildman–Crippen MR) is 78.5 cm³/mol. The van der Waals surface area contributed by atoms with Crippen molar-refractivity contribution >= 4 is 0 Å². The van der Waals surface area contributed by atoms with Gasteiger partial charge in [0.05, 0.1) is 12.2 Å². The van der Waals surface area contributed by atoms with Crippen molar-refractivity contribution in [3.63, 3.8) is 0 Å². The highest BCUT2D eigenvalue weighted by molar-refractivity contribution is 5.32. The SMILES string of the molecule is CC(Cc1ccccc1O)OC1CCCCCCC1. The zero-order chi connectivity index (χ0) is 13.5. The van der Waals surface area contributed by atoms with Gasteiger partial charge >= 0.3 is 0 Å². The second-order valence-electron chi connectivity index (χ2n) is 5.75. The Morgan fingerprint density at radius 2 is 1.74 bits per heavy atom. The van der Waals surface area contributed by atoms with Gasteiger partial charge in [0.15, 0.2) is 0 Å². The van der Waals surface area contributed by atoms with E-state index in [1.165, 1.54) is 44.9 Å². The first-order valence-corrected chi connectivity index (χ1v) is 7.68. The number of hydrogen-bond donors (Lipinski definition) is 1. The molecule has 0 amide bonds. The van der Waals surface area contributed by atoms with E-state index in [4.69, 9.17) is 4.74 Å². The quantitative estimate of drug-likeness (QED) is 0.868. The van der Waals surface area contributed by atoms with E-state index in [0.29, 0.717) is 11.9 Å². The van der Waals surface area contributed by atoms with Crippen molar-refractivity contribution in [2.45, 2.75) is 70.5 Å². The molecule has 1 unspecified atom stereocenters. The van der Waals surface area contributed by atoms with Crippen LogP contribution in [0, 0.1) is 0 Å². The van der Waals surface area contributed by atoms with Gasteiger partial charge in [-0.15, -0.1) is 0 Å². The van der Waals surface area contributed by atoms with Crippen LogP contribution in [-0.4, -0.2) is 17.3 Å². The lowest BCUT2D eigenvalue weighted by atomic mass is 9.98. The molecule has 0 aromatic heterocycles. The number of aromatic hydroxyl groups is 1. The second-order valence-corrected chi connectivity index (χ2v) is 5.75. The molecule has 19 heavy (non-hydrogen) atoms. The molecule has 1 aliphatic carbocycles. The molecule has 1 N–H and O–H groups in total. The normalized spacial score (nSPS) is 19.6. The Labute approximate surface area is 116 Å². The van der Waals surface area contributed by atoms with Crippen molar-refractivity contribution in [1.29, 1.82) is 0 Å². The number of phenolic OH excluding ortho intramolecular Hbond substituents is 1. The van der Waals surface area contributed by atoms with E-state index in [2.05, 4.69) is 6.92 Å². The lowest BCUT2D eigenvalue weighted by molar-refractivity contribution is -0.0149. The third kappa shape index (κ3) is 4.87. The van der Waals surface area contributed by atoms with Crippen LogP contribution in [0.15, 0.2) is 24.3 Å². The molecular weight excluding hydrogens is 236 g/mol. The first-order valence-electron chi connectivity index (χ1n) is 7.68. The summed E-state index contributed by atoms with van der Waals surface area (Å²) < 4.78 is 6.17. The lowest BCUT2D eigenvalue weighted by Crippen LogP contribution is -2.22. The van der Waals surface area contributed by atoms with Crippen molar-refractivity contribution in [2.75, 3.05) is 0 Å². The van der Waals surface area contributed by atoms with Crippen molar-refractivity contribution in [1.82, 2.24) is 0 Å². The summed E-state index contributed by atoms with van der Waals surface area (Å²) in [5, 5.41) is 9.79. The molecule has 1 aliphatic rings. The zero-order valence-electron chi connectivity index (χ0n) is 12.0. The van der Waals surface area contributed by atoms with Crippen LogP contribution in [-0.2, 0) is 11.2 Å². The minimum Gasteiger partial charge on any atom is -0.508 e. The second kappa shape index (κ2) is 7.54. The van der Waals surface area contributed by atoms with E-state index < -0.39 is 0 Å². The van der Waals surface area contributed by atoms with E-state index in [-0.39, 0.29) is 6.10 Å². The van der Waals surface area contributed by atoms with Crippen LogP contribution in [0.2, 0.25) is 0 Å². The van der Waals surface area contributed by atoms with Crippen LogP contribution in [0.3, 0.4) is 0 Å². The molecule has 1 atom stereocenters. The van der Waals surface area contributed by atoms with Gasteiger partial charge < -0.3 is 9.84 Å². The van der Waals surface area contributed by atoms with Gasteiger partial charge in [0, 0.05) is 6.42 Å². The molecular formula is C17H26O2. The van der Waals surface area contributed by atoms with Gasteiger partial charge in [-0.3, -0.25) is 0 Å². The van der Waals surface area contributed by atoms with Crippen molar-refractivity contribution in [3.05, 3.63) is 29.8 Å². The molecule has 2 nitrogen and oxygen atoms in total. The van der Waals surface area contributed by atoms with Crippen LogP contribution in [0.5, 0.6) is 5.75 Å². The molecule has 1 aromatic carbocycles. The predicted octanol–water partition coefficient (Wildman–Crippen LogP) is 4.45. The molecule has 1 fully saturated rings. The standard InChI is InChI=1S/C17H26O2/c1-14(13-15-9-7-8-12-17(15)18)19-16-10-5-3-2-4-6-11-16/h7-9,12,14,16,18H,2-6,10-11,13H2,1H3. The Morgan fingerprint density at radius 3 is 2.42 bits per heavy atom. The van der Waals surface area contributed by atoms with E-state index in [1.807, 2.05) is 18.2 Å². The molecule has 2 heteroatoms. The minimum atomic E-state index is 0.178. The highest BCUT2D eigenvalue weighted by Crippen LogP contribution is 2.23. The summed E-state index contributed by atoms with van der Waals surface area (Å²) in [6, 6.07) is 7.56. The maximum atomic E-state index is 9.79. The third-order valence-electron chi connectivity index (χ3n) is 3.98. The molecule has 0 heterocycles. The Balaban J connectivity index is 1.82. The lowest BCUT2D eigenvalue weighted by Gasteiger charge is -2.24. The van der Waals surface area contributed by atoms with E-state index in [9.17, 15) is 5.11 Å². The molecule has 106 valence electrons. The van der Waals surface area contributed by atoms with Crippen LogP contribution in [0.1, 0.15) is 57.4 Å². The third-order valence-corrected chi connectivity index (χ3v) is 3.98. The Hall–Kier alpha value is -1.02. The van der Waals surface area contributed by atoms with Gasteiger partial charge in [-0.05, 0) is 31.4 Å². The molecule has 2 rings (SSSR count). The molecule has 1 aromatic rings. The zero-order valence-corrected chi connectivity index (χ0v) is 12.0. The van der Waals surface area contributed by atoms with Gasteiger partial charge in [-0.25, -0.2) is 0 Å². The average Bonchev–Trinajstić information content (AvgIpc) is 2.35. The van der Waals surface area contributed by atoms with Crippen molar-refractivity contribution < 1.29 is 9.84 Å². The highest BCUT2D eigenvalue weighted by atomic mass is 16.5. The Kier molecular flexibility index (Phi) is 5.71. The fraction of sp³-hybridized carbons (Fsp3) is 0.647. The molecule has 0 radical (unpaired) electrons. The van der Waals surface area contributed by atoms with E-state index in [1.54, 1.807) is 6.07 Å². The fourth-order valence-electron chi connectivity index (χ4n) is 2.92. The van der Waals surface area contributed by atoms with Gasteiger partial charge in [-0.1, -0.05) is 50.3 Å². The van der Waals surface area contributed by atoms with Gasteiger partial charge in [-0.2, -0.15) is 0 Å². The number of ether oxygens (including phenoxy) is 1. The maximum Gasteiger partial charge on any atom is 0.118 e. The smallest absolute Gasteiger partial charge is 0.118 e. The minimum absolute atomic E-state index is 0.178. The summed E-state index contributed by atoms with van der Waals surface area (Å²) in [4.78, 5) is 0. The summed E-state index contributed by atoms with van der Waals surface area (Å²) in [5.74, 6) is 0.385. The largest absolute Gasteiger partial charge is 0.508 e. The summed E-state index contributed by atoms with van der Waals surface area (Å²) in [5.41, 5.74) is 0.987. The Morgan fingerprint density at radius 1 is 1.11 bits per heavy atom. The number of para-hydroxylation sites is 1. The summed E-state index contributed by atoms with van der Waals surface area (Å²) in [6.07, 6.45) is 10.5. The summed E-state index contributed by atoms with van der Waals surface area (Å²) in [7, 11) is 0. The molecule has 0 saturated heterocycles. The van der Waals surface area contributed by atoms with Crippen LogP contribution in [0.25, 0.3) is 0 Å². The fourth-order valence-corrected chi connectivity index (χ4v) is 2.92.